The van der Waals surface area contributed by atoms with E-state index >= 15 is 0 Å². The van der Waals surface area contributed by atoms with Crippen LogP contribution in [-0.2, 0) is 18.3 Å². The van der Waals surface area contributed by atoms with Gasteiger partial charge in [-0.25, -0.2) is 0 Å². The molecule has 2 aliphatic carbocycles. The highest BCUT2D eigenvalue weighted by atomic mass is 14.4. The molecule has 1 atom stereocenters. The Morgan fingerprint density at radius 2 is 1.03 bits per heavy atom. The molecule has 36 heavy (non-hydrogen) atoms. The lowest BCUT2D eigenvalue weighted by Gasteiger charge is -2.22. The van der Waals surface area contributed by atoms with Gasteiger partial charge >= 0.3 is 0 Å². The highest BCUT2D eigenvalue weighted by Crippen LogP contribution is 2.50. The van der Waals surface area contributed by atoms with Crippen LogP contribution in [0, 0.1) is 0 Å². The molecule has 0 aromatic heterocycles. The molecule has 5 aromatic rings. The summed E-state index contributed by atoms with van der Waals surface area (Å²) in [7, 11) is 0. The molecule has 0 saturated carbocycles. The van der Waals surface area contributed by atoms with Crippen LogP contribution in [0.4, 0.5) is 0 Å². The quantitative estimate of drug-likeness (QED) is 0.251. The van der Waals surface area contributed by atoms with Crippen LogP contribution in [0.3, 0.4) is 0 Å². The Hall–Kier alpha value is -3.90. The number of benzene rings is 5. The topological polar surface area (TPSA) is 0 Å². The maximum absolute atomic E-state index is 2.45. The van der Waals surface area contributed by atoms with E-state index in [1.54, 1.807) is 0 Å². The summed E-state index contributed by atoms with van der Waals surface area (Å²) in [6.07, 6.45) is 2.28. The Morgan fingerprint density at radius 3 is 1.69 bits per heavy atom. The molecule has 5 aromatic carbocycles. The molecule has 0 N–H and O–H groups in total. The molecule has 0 fully saturated rings. The van der Waals surface area contributed by atoms with Gasteiger partial charge in [-0.15, -0.1) is 0 Å². The Morgan fingerprint density at radius 1 is 0.500 bits per heavy atom. The zero-order chi connectivity index (χ0) is 24.3. The van der Waals surface area contributed by atoms with Crippen molar-refractivity contribution in [2.45, 2.75) is 38.0 Å². The van der Waals surface area contributed by atoms with E-state index < -0.39 is 0 Å². The molecule has 7 rings (SSSR count). The summed E-state index contributed by atoms with van der Waals surface area (Å²) in [5, 5.41) is 0. The van der Waals surface area contributed by atoms with Crippen LogP contribution in [-0.4, -0.2) is 0 Å². The van der Waals surface area contributed by atoms with Gasteiger partial charge < -0.3 is 0 Å². The van der Waals surface area contributed by atoms with Crippen LogP contribution in [0.15, 0.2) is 115 Å². The first-order chi connectivity index (χ1) is 17.6. The van der Waals surface area contributed by atoms with Gasteiger partial charge in [0.1, 0.15) is 0 Å². The zero-order valence-electron chi connectivity index (χ0n) is 21.0. The van der Waals surface area contributed by atoms with E-state index in [0.717, 1.165) is 12.8 Å². The summed E-state index contributed by atoms with van der Waals surface area (Å²) in [6.45, 7) is 4.76. The highest BCUT2D eigenvalue weighted by Gasteiger charge is 2.36. The first kappa shape index (κ1) is 21.4. The standard InChI is InChI=1S/C36H30/c1-36(2)34-22-28(24-9-5-3-6-10-24)15-17-32(34)33-18-16-29(23-35(33)36)26-13-14-27-20-30(21-31(27)19-26)25-11-7-4-8-12-25/h3-19,22-23,30H,20-21H2,1-2H3. The van der Waals surface area contributed by atoms with Crippen molar-refractivity contribution in [2.24, 2.45) is 0 Å². The van der Waals surface area contributed by atoms with Gasteiger partial charge in [-0.1, -0.05) is 117 Å². The van der Waals surface area contributed by atoms with Gasteiger partial charge in [0.05, 0.1) is 0 Å². The summed E-state index contributed by atoms with van der Waals surface area (Å²) < 4.78 is 0. The smallest absolute Gasteiger partial charge is 0.0159 e. The molecule has 0 saturated heterocycles. The number of hydrogen-bond acceptors (Lipinski definition) is 0. The fourth-order valence-corrected chi connectivity index (χ4v) is 6.49. The van der Waals surface area contributed by atoms with E-state index in [0.29, 0.717) is 5.92 Å². The van der Waals surface area contributed by atoms with Crippen LogP contribution in [0.1, 0.15) is 47.6 Å². The van der Waals surface area contributed by atoms with Crippen LogP contribution < -0.4 is 0 Å². The molecule has 0 bridgehead atoms. The number of fused-ring (bicyclic) bond motifs is 4. The molecular weight excluding hydrogens is 432 g/mol. The first-order valence-corrected chi connectivity index (χ1v) is 13.1. The Labute approximate surface area is 214 Å². The highest BCUT2D eigenvalue weighted by molar-refractivity contribution is 5.85. The second kappa shape index (κ2) is 8.07. The second-order valence-corrected chi connectivity index (χ2v) is 11.0. The largest absolute Gasteiger partial charge is 0.0622 e. The molecule has 0 spiro atoms. The minimum Gasteiger partial charge on any atom is -0.0622 e. The predicted molar refractivity (Wildman–Crippen MR) is 151 cm³/mol. The molecule has 0 amide bonds. The minimum atomic E-state index is -0.0272. The maximum atomic E-state index is 2.45. The van der Waals surface area contributed by atoms with Crippen molar-refractivity contribution in [3.8, 4) is 33.4 Å². The SMILES string of the molecule is CC1(C)c2cc(-c3ccccc3)ccc2-c2ccc(-c3ccc4c(c3)CC(c3ccccc3)C4)cc21. The fraction of sp³-hybridized carbons (Fsp3) is 0.167. The average Bonchev–Trinajstić information content (AvgIpc) is 3.46. The van der Waals surface area contributed by atoms with E-state index in [9.17, 15) is 0 Å². The first-order valence-electron chi connectivity index (χ1n) is 13.1. The fourth-order valence-electron chi connectivity index (χ4n) is 6.49. The molecule has 0 radical (unpaired) electrons. The van der Waals surface area contributed by atoms with E-state index in [2.05, 4.69) is 129 Å². The van der Waals surface area contributed by atoms with Gasteiger partial charge in [0.25, 0.3) is 0 Å². The molecule has 174 valence electrons. The van der Waals surface area contributed by atoms with Gasteiger partial charge in [0.15, 0.2) is 0 Å². The van der Waals surface area contributed by atoms with Crippen molar-refractivity contribution in [3.05, 3.63) is 143 Å². The molecule has 2 aliphatic rings. The molecule has 0 heterocycles. The summed E-state index contributed by atoms with van der Waals surface area (Å²) in [6, 6.07) is 43.0. The summed E-state index contributed by atoms with van der Waals surface area (Å²) in [5.74, 6) is 0.601. The van der Waals surface area contributed by atoms with E-state index in [1.165, 1.54) is 61.2 Å². The molecule has 0 heteroatoms. The second-order valence-electron chi connectivity index (χ2n) is 11.0. The van der Waals surface area contributed by atoms with Gasteiger partial charge in [-0.05, 0) is 92.1 Å². The van der Waals surface area contributed by atoms with Gasteiger partial charge in [-0.2, -0.15) is 0 Å². The molecular formula is C36H30. The van der Waals surface area contributed by atoms with Crippen LogP contribution >= 0.6 is 0 Å². The molecule has 0 nitrogen and oxygen atoms in total. The third-order valence-electron chi connectivity index (χ3n) is 8.53. The summed E-state index contributed by atoms with van der Waals surface area (Å²) >= 11 is 0. The molecule has 0 aliphatic heterocycles. The predicted octanol–water partition coefficient (Wildman–Crippen LogP) is 9.21. The lowest BCUT2D eigenvalue weighted by atomic mass is 9.81. The minimum absolute atomic E-state index is 0.0272. The van der Waals surface area contributed by atoms with Crippen molar-refractivity contribution in [1.82, 2.24) is 0 Å². The Kier molecular flexibility index (Phi) is 4.79. The number of rotatable bonds is 3. The van der Waals surface area contributed by atoms with Crippen molar-refractivity contribution in [2.75, 3.05) is 0 Å². The third kappa shape index (κ3) is 3.36. The van der Waals surface area contributed by atoms with Crippen molar-refractivity contribution < 1.29 is 0 Å². The van der Waals surface area contributed by atoms with Crippen LogP contribution in [0.5, 0.6) is 0 Å². The van der Waals surface area contributed by atoms with Gasteiger partial charge in [0.2, 0.25) is 0 Å². The van der Waals surface area contributed by atoms with Crippen LogP contribution in [0.2, 0.25) is 0 Å². The monoisotopic (exact) mass is 462 g/mol. The Bertz CT molecular complexity index is 1590. The third-order valence-corrected chi connectivity index (χ3v) is 8.53. The maximum Gasteiger partial charge on any atom is 0.0159 e. The van der Waals surface area contributed by atoms with Gasteiger partial charge in [0, 0.05) is 5.41 Å². The normalized spacial score (nSPS) is 16.9. The van der Waals surface area contributed by atoms with Crippen LogP contribution in [0.25, 0.3) is 33.4 Å². The van der Waals surface area contributed by atoms with E-state index in [4.69, 9.17) is 0 Å². The van der Waals surface area contributed by atoms with Crippen molar-refractivity contribution in [1.29, 1.82) is 0 Å². The van der Waals surface area contributed by atoms with Crippen molar-refractivity contribution >= 4 is 0 Å². The summed E-state index contributed by atoms with van der Waals surface area (Å²) in [4.78, 5) is 0. The summed E-state index contributed by atoms with van der Waals surface area (Å²) in [5.41, 5.74) is 15.3. The zero-order valence-corrected chi connectivity index (χ0v) is 21.0. The van der Waals surface area contributed by atoms with Gasteiger partial charge in [-0.3, -0.25) is 0 Å². The van der Waals surface area contributed by atoms with E-state index in [-0.39, 0.29) is 5.41 Å². The lowest BCUT2D eigenvalue weighted by molar-refractivity contribution is 0.661. The molecule has 1 unspecified atom stereocenters. The Balaban J connectivity index is 1.24. The lowest BCUT2D eigenvalue weighted by Crippen LogP contribution is -2.15. The van der Waals surface area contributed by atoms with E-state index in [1.807, 2.05) is 0 Å². The number of hydrogen-bond donors (Lipinski definition) is 0. The van der Waals surface area contributed by atoms with Crippen molar-refractivity contribution in [3.63, 3.8) is 0 Å². The average molecular weight is 463 g/mol.